The van der Waals surface area contributed by atoms with E-state index in [-0.39, 0.29) is 5.37 Å². The molecule has 0 aromatic rings. The number of hydrogen-bond acceptors (Lipinski definition) is 4. The van der Waals surface area contributed by atoms with Gasteiger partial charge in [0, 0.05) is 24.2 Å². The van der Waals surface area contributed by atoms with Crippen LogP contribution in [0.25, 0.3) is 0 Å². The van der Waals surface area contributed by atoms with E-state index in [0.29, 0.717) is 0 Å². The Bertz CT molecular complexity index is 359. The standard InChI is InChI=1S/C12H19N3S/c1-4-5-6-15-8(2)7-10-11(15)13-9(3)14-12(10)16/h12-14,16H,2-7H2,1H3. The molecule has 3 nitrogen and oxygen atoms in total. The van der Waals surface area contributed by atoms with Crippen LogP contribution in [-0.2, 0) is 0 Å². The Labute approximate surface area is 103 Å². The average molecular weight is 237 g/mol. The summed E-state index contributed by atoms with van der Waals surface area (Å²) in [5, 5.41) is 6.53. The number of hydrogen-bond donors (Lipinski definition) is 3. The summed E-state index contributed by atoms with van der Waals surface area (Å²) in [5.74, 6) is 1.96. The molecule has 0 saturated carbocycles. The minimum atomic E-state index is 0.0622. The largest absolute Gasteiger partial charge is 0.357 e. The van der Waals surface area contributed by atoms with Gasteiger partial charge in [-0.25, -0.2) is 0 Å². The molecule has 2 heterocycles. The third kappa shape index (κ3) is 1.94. The maximum Gasteiger partial charge on any atom is 0.114 e. The van der Waals surface area contributed by atoms with E-state index in [0.717, 1.165) is 30.3 Å². The Balaban J connectivity index is 2.20. The molecule has 0 fully saturated rings. The maximum absolute atomic E-state index is 4.53. The number of rotatable bonds is 3. The van der Waals surface area contributed by atoms with Crippen LogP contribution >= 0.6 is 12.6 Å². The first-order valence-corrected chi connectivity index (χ1v) is 6.24. The third-order valence-corrected chi connectivity index (χ3v) is 3.44. The van der Waals surface area contributed by atoms with Crippen LogP contribution in [0.15, 0.2) is 36.1 Å². The van der Waals surface area contributed by atoms with Crippen molar-refractivity contribution < 1.29 is 0 Å². The quantitative estimate of drug-likeness (QED) is 0.657. The summed E-state index contributed by atoms with van der Waals surface area (Å²) in [6, 6.07) is 0. The molecule has 2 aliphatic heterocycles. The summed E-state index contributed by atoms with van der Waals surface area (Å²) < 4.78 is 0. The maximum atomic E-state index is 4.53. The average Bonchev–Trinajstić information content (AvgIpc) is 2.53. The molecule has 0 aromatic heterocycles. The van der Waals surface area contributed by atoms with Crippen LogP contribution in [0.1, 0.15) is 26.2 Å². The van der Waals surface area contributed by atoms with Crippen LogP contribution in [-0.4, -0.2) is 16.8 Å². The van der Waals surface area contributed by atoms with E-state index in [1.54, 1.807) is 0 Å². The molecule has 1 unspecified atom stereocenters. The number of allylic oxidation sites excluding steroid dienone is 1. The van der Waals surface area contributed by atoms with Gasteiger partial charge in [0.2, 0.25) is 0 Å². The van der Waals surface area contributed by atoms with Crippen molar-refractivity contribution in [2.24, 2.45) is 0 Å². The minimum Gasteiger partial charge on any atom is -0.357 e. The molecule has 0 radical (unpaired) electrons. The lowest BCUT2D eigenvalue weighted by Crippen LogP contribution is -2.41. The molecule has 0 saturated heterocycles. The van der Waals surface area contributed by atoms with Gasteiger partial charge in [-0.3, -0.25) is 0 Å². The Morgan fingerprint density at radius 3 is 2.94 bits per heavy atom. The first-order chi connectivity index (χ1) is 7.63. The second-order valence-electron chi connectivity index (χ2n) is 4.27. The molecule has 4 heteroatoms. The van der Waals surface area contributed by atoms with Gasteiger partial charge in [-0.1, -0.05) is 26.5 Å². The van der Waals surface area contributed by atoms with E-state index in [1.807, 2.05) is 0 Å². The van der Waals surface area contributed by atoms with E-state index >= 15 is 0 Å². The molecule has 2 aliphatic rings. The van der Waals surface area contributed by atoms with Crippen molar-refractivity contribution in [3.05, 3.63) is 36.1 Å². The lowest BCUT2D eigenvalue weighted by molar-refractivity contribution is 0.401. The normalized spacial score (nSPS) is 24.4. The highest BCUT2D eigenvalue weighted by Gasteiger charge is 2.32. The number of nitrogens with zero attached hydrogens (tertiary/aromatic N) is 1. The van der Waals surface area contributed by atoms with E-state index in [9.17, 15) is 0 Å². The fraction of sp³-hybridized carbons (Fsp3) is 0.500. The SMILES string of the molecule is C=C1NC2=C(CC(=C)N2CCCC)C(S)N1. The van der Waals surface area contributed by atoms with Gasteiger partial charge >= 0.3 is 0 Å². The molecule has 1 atom stereocenters. The summed E-state index contributed by atoms with van der Waals surface area (Å²) in [4.78, 5) is 2.26. The summed E-state index contributed by atoms with van der Waals surface area (Å²) in [7, 11) is 0. The van der Waals surface area contributed by atoms with Gasteiger partial charge in [0.25, 0.3) is 0 Å². The van der Waals surface area contributed by atoms with Crippen molar-refractivity contribution in [1.82, 2.24) is 15.5 Å². The fourth-order valence-electron chi connectivity index (χ4n) is 2.12. The first kappa shape index (κ1) is 11.5. The van der Waals surface area contributed by atoms with Crippen LogP contribution in [0.5, 0.6) is 0 Å². The van der Waals surface area contributed by atoms with Gasteiger partial charge in [0.05, 0.1) is 11.2 Å². The Hall–Kier alpha value is -1.03. The lowest BCUT2D eigenvalue weighted by atomic mass is 10.2. The summed E-state index contributed by atoms with van der Waals surface area (Å²) >= 11 is 4.53. The Morgan fingerprint density at radius 2 is 2.25 bits per heavy atom. The van der Waals surface area contributed by atoms with E-state index in [1.165, 1.54) is 18.4 Å². The van der Waals surface area contributed by atoms with Crippen molar-refractivity contribution in [3.8, 4) is 0 Å². The second-order valence-corrected chi connectivity index (χ2v) is 4.79. The number of unbranched alkanes of at least 4 members (excludes halogenated alkanes) is 1. The van der Waals surface area contributed by atoms with Crippen LogP contribution in [0.3, 0.4) is 0 Å². The zero-order valence-corrected chi connectivity index (χ0v) is 10.6. The molecule has 2 N–H and O–H groups in total. The van der Waals surface area contributed by atoms with Gasteiger partial charge in [0.1, 0.15) is 5.82 Å². The highest BCUT2D eigenvalue weighted by Crippen LogP contribution is 2.34. The zero-order chi connectivity index (χ0) is 11.7. The topological polar surface area (TPSA) is 27.3 Å². The Kier molecular flexibility index (Phi) is 3.19. The number of nitrogens with one attached hydrogen (secondary N) is 2. The molecule has 16 heavy (non-hydrogen) atoms. The van der Waals surface area contributed by atoms with Crippen LogP contribution in [0.2, 0.25) is 0 Å². The monoisotopic (exact) mass is 237 g/mol. The van der Waals surface area contributed by atoms with Crippen LogP contribution in [0, 0.1) is 0 Å². The van der Waals surface area contributed by atoms with Gasteiger partial charge in [-0.05, 0) is 6.42 Å². The van der Waals surface area contributed by atoms with Gasteiger partial charge in [0.15, 0.2) is 0 Å². The highest BCUT2D eigenvalue weighted by atomic mass is 32.1. The molecule has 0 aliphatic carbocycles. The predicted octanol–water partition coefficient (Wildman–Crippen LogP) is 2.14. The van der Waals surface area contributed by atoms with Gasteiger partial charge < -0.3 is 15.5 Å². The summed E-state index contributed by atoms with van der Waals surface area (Å²) in [6.45, 7) is 11.2. The fourth-order valence-corrected chi connectivity index (χ4v) is 2.49. The molecule has 0 spiro atoms. The highest BCUT2D eigenvalue weighted by molar-refractivity contribution is 7.81. The zero-order valence-electron chi connectivity index (χ0n) is 9.71. The molecule has 0 bridgehead atoms. The van der Waals surface area contributed by atoms with E-state index in [4.69, 9.17) is 0 Å². The van der Waals surface area contributed by atoms with Crippen molar-refractivity contribution in [2.45, 2.75) is 31.6 Å². The van der Waals surface area contributed by atoms with Crippen molar-refractivity contribution in [3.63, 3.8) is 0 Å². The van der Waals surface area contributed by atoms with E-state index in [2.05, 4.69) is 48.2 Å². The number of thiol groups is 1. The van der Waals surface area contributed by atoms with Crippen molar-refractivity contribution in [2.75, 3.05) is 6.54 Å². The van der Waals surface area contributed by atoms with Crippen LogP contribution < -0.4 is 10.6 Å². The summed E-state index contributed by atoms with van der Waals surface area (Å²) in [6.07, 6.45) is 3.27. The van der Waals surface area contributed by atoms with Gasteiger partial charge in [-0.2, -0.15) is 12.6 Å². The van der Waals surface area contributed by atoms with Crippen LogP contribution in [0.4, 0.5) is 0 Å². The van der Waals surface area contributed by atoms with Crippen molar-refractivity contribution >= 4 is 12.6 Å². The van der Waals surface area contributed by atoms with E-state index < -0.39 is 0 Å². The predicted molar refractivity (Wildman–Crippen MR) is 70.6 cm³/mol. The van der Waals surface area contributed by atoms with Crippen molar-refractivity contribution in [1.29, 1.82) is 0 Å². The Morgan fingerprint density at radius 1 is 1.50 bits per heavy atom. The smallest absolute Gasteiger partial charge is 0.114 e. The molecule has 0 aromatic carbocycles. The lowest BCUT2D eigenvalue weighted by Gasteiger charge is -2.30. The third-order valence-electron chi connectivity index (χ3n) is 3.00. The minimum absolute atomic E-state index is 0.0622. The molecule has 2 rings (SSSR count). The second kappa shape index (κ2) is 4.45. The summed E-state index contributed by atoms with van der Waals surface area (Å²) in [5.41, 5.74) is 2.43. The molecule has 88 valence electrons. The first-order valence-electron chi connectivity index (χ1n) is 5.72. The molecular weight excluding hydrogens is 218 g/mol. The van der Waals surface area contributed by atoms with Gasteiger partial charge in [-0.15, -0.1) is 0 Å². The molecule has 0 amide bonds. The molecular formula is C12H19N3S.